The Kier molecular flexibility index (Phi) is 6.15. The largest absolute Gasteiger partial charge is 0.507 e. The highest BCUT2D eigenvalue weighted by Crippen LogP contribution is 2.21. The average Bonchev–Trinajstić information content (AvgIpc) is 2.37. The van der Waals surface area contributed by atoms with Crippen molar-refractivity contribution in [2.45, 2.75) is 19.8 Å². The van der Waals surface area contributed by atoms with Crippen molar-refractivity contribution in [3.05, 3.63) is 28.2 Å². The van der Waals surface area contributed by atoms with Gasteiger partial charge >= 0.3 is 0 Å². The molecule has 1 unspecified atom stereocenters. The van der Waals surface area contributed by atoms with Gasteiger partial charge in [-0.3, -0.25) is 4.79 Å². The zero-order valence-corrected chi connectivity index (χ0v) is 11.9. The summed E-state index contributed by atoms with van der Waals surface area (Å²) in [5.74, 6) is -0.0793. The molecule has 0 saturated heterocycles. The van der Waals surface area contributed by atoms with E-state index in [0.717, 1.165) is 10.9 Å². The molecule has 0 aromatic heterocycles. The van der Waals surface area contributed by atoms with Gasteiger partial charge in [0.25, 0.3) is 5.91 Å². The van der Waals surface area contributed by atoms with Crippen LogP contribution >= 0.6 is 15.9 Å². The minimum atomic E-state index is -0.301. The van der Waals surface area contributed by atoms with E-state index in [4.69, 9.17) is 5.11 Å². The van der Waals surface area contributed by atoms with Crippen LogP contribution in [0.4, 0.5) is 0 Å². The summed E-state index contributed by atoms with van der Waals surface area (Å²) >= 11 is 3.26. The normalized spacial score (nSPS) is 12.2. The van der Waals surface area contributed by atoms with E-state index in [2.05, 4.69) is 21.2 Å². The molecule has 0 saturated carbocycles. The molecule has 0 heterocycles. The molecule has 0 aliphatic carbocycles. The van der Waals surface area contributed by atoms with E-state index in [-0.39, 0.29) is 29.7 Å². The molecule has 1 rings (SSSR count). The molecule has 0 fully saturated rings. The second kappa shape index (κ2) is 7.38. The number of halogens is 1. The Hall–Kier alpha value is -1.07. The molecule has 3 N–H and O–H groups in total. The molecule has 100 valence electrons. The smallest absolute Gasteiger partial charge is 0.255 e. The maximum absolute atomic E-state index is 11.9. The van der Waals surface area contributed by atoms with Crippen LogP contribution in [-0.2, 0) is 0 Å². The van der Waals surface area contributed by atoms with E-state index in [1.807, 2.05) is 6.92 Å². The van der Waals surface area contributed by atoms with Crippen LogP contribution in [0.25, 0.3) is 0 Å². The van der Waals surface area contributed by atoms with Gasteiger partial charge in [0.2, 0.25) is 0 Å². The first kappa shape index (κ1) is 15.0. The molecule has 1 aromatic rings. The Balaban J connectivity index is 2.62. The summed E-state index contributed by atoms with van der Waals surface area (Å²) in [4.78, 5) is 11.9. The number of carbonyl (C=O) groups excluding carboxylic acids is 1. The van der Waals surface area contributed by atoms with Gasteiger partial charge in [-0.1, -0.05) is 29.3 Å². The lowest BCUT2D eigenvalue weighted by Crippen LogP contribution is -2.29. The van der Waals surface area contributed by atoms with Crippen LogP contribution in [0.1, 0.15) is 30.1 Å². The number of aliphatic hydroxyl groups excluding tert-OH is 1. The van der Waals surface area contributed by atoms with Crippen LogP contribution in [0.15, 0.2) is 22.7 Å². The topological polar surface area (TPSA) is 69.6 Å². The van der Waals surface area contributed by atoms with Crippen molar-refractivity contribution in [3.63, 3.8) is 0 Å². The van der Waals surface area contributed by atoms with Gasteiger partial charge in [-0.15, -0.1) is 0 Å². The summed E-state index contributed by atoms with van der Waals surface area (Å²) in [6, 6.07) is 4.73. The predicted octanol–water partition coefficient (Wildman–Crippen LogP) is 2.29. The Morgan fingerprint density at radius 3 is 2.83 bits per heavy atom. The van der Waals surface area contributed by atoms with Gasteiger partial charge in [0.15, 0.2) is 0 Å². The highest BCUT2D eigenvalue weighted by Gasteiger charge is 2.13. The molecule has 0 spiro atoms. The summed E-state index contributed by atoms with van der Waals surface area (Å²) in [6.07, 6.45) is 1.56. The van der Waals surface area contributed by atoms with E-state index in [9.17, 15) is 9.90 Å². The van der Waals surface area contributed by atoms with E-state index in [1.165, 1.54) is 6.07 Å². The molecular formula is C13H18BrNO3. The van der Waals surface area contributed by atoms with Crippen LogP contribution in [-0.4, -0.2) is 29.3 Å². The summed E-state index contributed by atoms with van der Waals surface area (Å²) in [5, 5.41) is 21.3. The molecule has 5 heteroatoms. The Morgan fingerprint density at radius 2 is 2.22 bits per heavy atom. The third kappa shape index (κ3) is 4.31. The van der Waals surface area contributed by atoms with Crippen molar-refractivity contribution in [2.75, 3.05) is 13.2 Å². The zero-order valence-electron chi connectivity index (χ0n) is 10.3. The maximum atomic E-state index is 11.9. The second-order valence-electron chi connectivity index (χ2n) is 4.16. The number of amides is 1. The van der Waals surface area contributed by atoms with Crippen LogP contribution in [0.3, 0.4) is 0 Å². The quantitative estimate of drug-likeness (QED) is 0.754. The molecular weight excluding hydrogens is 298 g/mol. The van der Waals surface area contributed by atoms with E-state index >= 15 is 0 Å². The minimum absolute atomic E-state index is 0.0362. The van der Waals surface area contributed by atoms with Crippen molar-refractivity contribution >= 4 is 21.8 Å². The first-order valence-electron chi connectivity index (χ1n) is 5.96. The fourth-order valence-corrected chi connectivity index (χ4v) is 2.02. The lowest BCUT2D eigenvalue weighted by Gasteiger charge is -2.14. The molecule has 4 nitrogen and oxygen atoms in total. The van der Waals surface area contributed by atoms with Gasteiger partial charge in [0.1, 0.15) is 5.75 Å². The van der Waals surface area contributed by atoms with Gasteiger partial charge in [-0.2, -0.15) is 0 Å². The van der Waals surface area contributed by atoms with Crippen molar-refractivity contribution in [1.29, 1.82) is 0 Å². The number of phenolic OH excluding ortho intramolecular Hbond substituents is 1. The molecule has 0 radical (unpaired) electrons. The first-order valence-corrected chi connectivity index (χ1v) is 6.75. The molecule has 1 atom stereocenters. The van der Waals surface area contributed by atoms with Gasteiger partial charge in [-0.25, -0.2) is 0 Å². The number of hydrogen-bond acceptors (Lipinski definition) is 3. The summed E-state index contributed by atoms with van der Waals surface area (Å²) in [5.41, 5.74) is 0.253. The molecule has 0 bridgehead atoms. The van der Waals surface area contributed by atoms with Crippen molar-refractivity contribution in [2.24, 2.45) is 5.92 Å². The fraction of sp³-hybridized carbons (Fsp3) is 0.462. The third-order valence-corrected chi connectivity index (χ3v) is 3.36. The second-order valence-corrected chi connectivity index (χ2v) is 5.07. The van der Waals surface area contributed by atoms with Crippen molar-refractivity contribution in [3.8, 4) is 5.75 Å². The number of nitrogens with one attached hydrogen (secondary N) is 1. The highest BCUT2D eigenvalue weighted by molar-refractivity contribution is 9.10. The lowest BCUT2D eigenvalue weighted by molar-refractivity contribution is 0.0941. The number of carbonyl (C=O) groups is 1. The van der Waals surface area contributed by atoms with Gasteiger partial charge in [0.05, 0.1) is 5.56 Å². The Morgan fingerprint density at radius 1 is 1.50 bits per heavy atom. The van der Waals surface area contributed by atoms with E-state index in [0.29, 0.717) is 13.0 Å². The van der Waals surface area contributed by atoms with Gasteiger partial charge in [0, 0.05) is 17.6 Å². The summed E-state index contributed by atoms with van der Waals surface area (Å²) in [6.45, 7) is 2.64. The van der Waals surface area contributed by atoms with Crippen LogP contribution in [0, 0.1) is 5.92 Å². The Labute approximate surface area is 115 Å². The van der Waals surface area contributed by atoms with E-state index < -0.39 is 0 Å². The van der Waals surface area contributed by atoms with Gasteiger partial charge < -0.3 is 15.5 Å². The maximum Gasteiger partial charge on any atom is 0.255 e. The zero-order chi connectivity index (χ0) is 13.5. The van der Waals surface area contributed by atoms with Crippen LogP contribution < -0.4 is 5.32 Å². The number of phenols is 1. The standard InChI is InChI=1S/C13H18BrNO3/c1-2-9(5-6-16)8-15-13(18)11-7-10(14)3-4-12(11)17/h3-4,7,9,16-17H,2,5-6,8H2,1H3,(H,15,18). The van der Waals surface area contributed by atoms with E-state index in [1.54, 1.807) is 12.1 Å². The van der Waals surface area contributed by atoms with Gasteiger partial charge in [-0.05, 0) is 30.5 Å². The predicted molar refractivity (Wildman–Crippen MR) is 73.6 cm³/mol. The van der Waals surface area contributed by atoms with Crippen molar-refractivity contribution < 1.29 is 15.0 Å². The summed E-state index contributed by atoms with van der Waals surface area (Å²) in [7, 11) is 0. The highest BCUT2D eigenvalue weighted by atomic mass is 79.9. The molecule has 1 amide bonds. The number of aliphatic hydroxyl groups is 1. The minimum Gasteiger partial charge on any atom is -0.507 e. The van der Waals surface area contributed by atoms with Crippen LogP contribution in [0.5, 0.6) is 5.75 Å². The fourth-order valence-electron chi connectivity index (χ4n) is 1.66. The lowest BCUT2D eigenvalue weighted by atomic mass is 10.0. The molecule has 0 aliphatic heterocycles. The average molecular weight is 316 g/mol. The SMILES string of the molecule is CCC(CCO)CNC(=O)c1cc(Br)ccc1O. The number of benzene rings is 1. The van der Waals surface area contributed by atoms with Crippen molar-refractivity contribution in [1.82, 2.24) is 5.32 Å². The first-order chi connectivity index (χ1) is 8.58. The third-order valence-electron chi connectivity index (χ3n) is 2.87. The monoisotopic (exact) mass is 315 g/mol. The number of rotatable bonds is 6. The number of hydrogen-bond donors (Lipinski definition) is 3. The summed E-state index contributed by atoms with van der Waals surface area (Å²) < 4.78 is 0.743. The molecule has 0 aliphatic rings. The molecule has 18 heavy (non-hydrogen) atoms. The van der Waals surface area contributed by atoms with Crippen LogP contribution in [0.2, 0.25) is 0 Å². The number of aromatic hydroxyl groups is 1. The molecule has 1 aromatic carbocycles. The Bertz CT molecular complexity index is 409.